The summed E-state index contributed by atoms with van der Waals surface area (Å²) < 4.78 is 0. The first-order chi connectivity index (χ1) is 8.56. The first-order valence-corrected chi connectivity index (χ1v) is 6.32. The van der Waals surface area contributed by atoms with Crippen LogP contribution in [0.5, 0.6) is 0 Å². The maximum absolute atomic E-state index is 11.0. The van der Waals surface area contributed by atoms with Gasteiger partial charge in [0.15, 0.2) is 0 Å². The molecular formula is C13H10ClNO2S. The summed E-state index contributed by atoms with van der Waals surface area (Å²) >= 11 is 7.33. The van der Waals surface area contributed by atoms with E-state index in [9.17, 15) is 4.79 Å². The number of hydrogen-bond acceptors (Lipinski definition) is 3. The fourth-order valence-corrected chi connectivity index (χ4v) is 2.62. The molecule has 0 aliphatic rings. The Morgan fingerprint density at radius 1 is 1.17 bits per heavy atom. The van der Waals surface area contributed by atoms with Gasteiger partial charge in [-0.1, -0.05) is 29.4 Å². The maximum Gasteiger partial charge on any atom is 0.337 e. The highest BCUT2D eigenvalue weighted by molar-refractivity contribution is 7.99. The smallest absolute Gasteiger partial charge is 0.337 e. The zero-order valence-electron chi connectivity index (χ0n) is 9.26. The van der Waals surface area contributed by atoms with Crippen LogP contribution in [0.25, 0.3) is 0 Å². The van der Waals surface area contributed by atoms with E-state index in [0.717, 1.165) is 9.79 Å². The number of halogens is 1. The number of aromatic carboxylic acids is 1. The number of rotatable bonds is 3. The van der Waals surface area contributed by atoms with E-state index in [2.05, 4.69) is 0 Å². The van der Waals surface area contributed by atoms with Gasteiger partial charge in [-0.3, -0.25) is 0 Å². The van der Waals surface area contributed by atoms with Gasteiger partial charge >= 0.3 is 5.97 Å². The molecule has 3 N–H and O–H groups in total. The van der Waals surface area contributed by atoms with Crippen molar-refractivity contribution in [3.63, 3.8) is 0 Å². The Labute approximate surface area is 114 Å². The molecule has 0 unspecified atom stereocenters. The summed E-state index contributed by atoms with van der Waals surface area (Å²) in [5.74, 6) is -1.03. The second kappa shape index (κ2) is 5.33. The van der Waals surface area contributed by atoms with E-state index < -0.39 is 5.97 Å². The average Bonchev–Trinajstić information content (AvgIpc) is 2.31. The highest BCUT2D eigenvalue weighted by Gasteiger charge is 2.09. The molecule has 18 heavy (non-hydrogen) atoms. The normalized spacial score (nSPS) is 10.3. The van der Waals surface area contributed by atoms with Crippen LogP contribution in [0.2, 0.25) is 5.02 Å². The van der Waals surface area contributed by atoms with Crippen LogP contribution in [-0.4, -0.2) is 11.1 Å². The van der Waals surface area contributed by atoms with Crippen LogP contribution in [-0.2, 0) is 0 Å². The molecule has 2 aromatic rings. The van der Waals surface area contributed by atoms with E-state index in [1.54, 1.807) is 24.3 Å². The van der Waals surface area contributed by atoms with E-state index in [1.807, 2.05) is 18.2 Å². The molecule has 0 aromatic heterocycles. The molecule has 2 rings (SSSR count). The highest BCUT2D eigenvalue weighted by Crippen LogP contribution is 2.31. The summed E-state index contributed by atoms with van der Waals surface area (Å²) in [7, 11) is 0. The van der Waals surface area contributed by atoms with E-state index in [0.29, 0.717) is 5.02 Å². The van der Waals surface area contributed by atoms with Crippen molar-refractivity contribution < 1.29 is 9.90 Å². The molecule has 0 saturated carbocycles. The minimum Gasteiger partial charge on any atom is -0.478 e. The molecule has 0 bridgehead atoms. The number of carboxylic acids is 1. The number of carboxylic acid groups (broad SMARTS) is 1. The van der Waals surface area contributed by atoms with Crippen molar-refractivity contribution in [2.75, 3.05) is 5.73 Å². The Kier molecular flexibility index (Phi) is 3.79. The number of hydrogen-bond donors (Lipinski definition) is 2. The topological polar surface area (TPSA) is 63.3 Å². The predicted molar refractivity (Wildman–Crippen MR) is 73.4 cm³/mol. The van der Waals surface area contributed by atoms with Gasteiger partial charge in [0.25, 0.3) is 0 Å². The molecule has 0 saturated heterocycles. The summed E-state index contributed by atoms with van der Waals surface area (Å²) in [6, 6.07) is 12.3. The number of nitrogens with two attached hydrogens (primary N) is 1. The van der Waals surface area contributed by atoms with Crippen LogP contribution in [0.1, 0.15) is 10.4 Å². The fourth-order valence-electron chi connectivity index (χ4n) is 1.45. The highest BCUT2D eigenvalue weighted by atomic mass is 35.5. The Hall–Kier alpha value is -1.65. The molecule has 0 aliphatic carbocycles. The second-order valence-corrected chi connectivity index (χ2v) is 5.20. The van der Waals surface area contributed by atoms with E-state index in [4.69, 9.17) is 22.4 Å². The van der Waals surface area contributed by atoms with Gasteiger partial charge < -0.3 is 10.8 Å². The van der Waals surface area contributed by atoms with Crippen molar-refractivity contribution >= 4 is 35.0 Å². The van der Waals surface area contributed by atoms with Gasteiger partial charge in [-0.25, -0.2) is 4.79 Å². The Morgan fingerprint density at radius 3 is 2.56 bits per heavy atom. The number of nitrogen functional groups attached to an aromatic ring is 1. The van der Waals surface area contributed by atoms with Crippen LogP contribution in [0, 0.1) is 0 Å². The van der Waals surface area contributed by atoms with Crippen LogP contribution in [0.3, 0.4) is 0 Å². The molecule has 5 heteroatoms. The van der Waals surface area contributed by atoms with Crippen molar-refractivity contribution in [3.8, 4) is 0 Å². The van der Waals surface area contributed by atoms with Gasteiger partial charge in [0.05, 0.1) is 5.56 Å². The molecule has 0 amide bonds. The van der Waals surface area contributed by atoms with E-state index >= 15 is 0 Å². The first kappa shape index (κ1) is 12.8. The molecule has 0 spiro atoms. The van der Waals surface area contributed by atoms with Crippen molar-refractivity contribution in [3.05, 3.63) is 53.1 Å². The van der Waals surface area contributed by atoms with Crippen molar-refractivity contribution in [1.29, 1.82) is 0 Å². The minimum absolute atomic E-state index is 0.113. The lowest BCUT2D eigenvalue weighted by Crippen LogP contribution is -2.01. The largest absolute Gasteiger partial charge is 0.478 e. The van der Waals surface area contributed by atoms with Gasteiger partial charge in [-0.15, -0.1) is 0 Å². The number of carbonyl (C=O) groups is 1. The molecule has 0 radical (unpaired) electrons. The molecule has 92 valence electrons. The third-order valence-electron chi connectivity index (χ3n) is 2.29. The molecule has 0 aliphatic heterocycles. The number of anilines is 1. The van der Waals surface area contributed by atoms with Gasteiger partial charge in [-0.05, 0) is 36.4 Å². The molecule has 0 heterocycles. The lowest BCUT2D eigenvalue weighted by atomic mass is 10.2. The summed E-state index contributed by atoms with van der Waals surface area (Å²) in [5, 5.41) is 9.64. The monoisotopic (exact) mass is 279 g/mol. The average molecular weight is 280 g/mol. The Balaban J connectivity index is 2.30. The van der Waals surface area contributed by atoms with Gasteiger partial charge in [-0.2, -0.15) is 0 Å². The first-order valence-electron chi connectivity index (χ1n) is 5.12. The minimum atomic E-state index is -1.03. The zero-order chi connectivity index (χ0) is 13.1. The van der Waals surface area contributed by atoms with E-state index in [-0.39, 0.29) is 11.3 Å². The maximum atomic E-state index is 11.0. The summed E-state index contributed by atoms with van der Waals surface area (Å²) in [6.07, 6.45) is 0. The summed E-state index contributed by atoms with van der Waals surface area (Å²) in [4.78, 5) is 12.7. The molecule has 2 aromatic carbocycles. The van der Waals surface area contributed by atoms with Gasteiger partial charge in [0.1, 0.15) is 0 Å². The SMILES string of the molecule is Nc1ccc(Sc2cccc(Cl)c2)cc1C(=O)O. The number of benzene rings is 2. The standard InChI is InChI=1S/C13H10ClNO2S/c14-8-2-1-3-9(6-8)18-10-4-5-12(15)11(7-10)13(16)17/h1-7H,15H2,(H,16,17). The lowest BCUT2D eigenvalue weighted by molar-refractivity contribution is 0.0698. The van der Waals surface area contributed by atoms with Gasteiger partial charge in [0, 0.05) is 20.5 Å². The van der Waals surface area contributed by atoms with Crippen LogP contribution >= 0.6 is 23.4 Å². The van der Waals surface area contributed by atoms with Crippen molar-refractivity contribution in [2.24, 2.45) is 0 Å². The zero-order valence-corrected chi connectivity index (χ0v) is 10.8. The third kappa shape index (κ3) is 2.97. The Morgan fingerprint density at radius 2 is 1.89 bits per heavy atom. The summed E-state index contributed by atoms with van der Waals surface area (Å²) in [5.41, 5.74) is 5.97. The van der Waals surface area contributed by atoms with Gasteiger partial charge in [0.2, 0.25) is 0 Å². The van der Waals surface area contributed by atoms with Crippen molar-refractivity contribution in [1.82, 2.24) is 0 Å². The molecule has 0 atom stereocenters. The van der Waals surface area contributed by atoms with Crippen LogP contribution in [0.4, 0.5) is 5.69 Å². The second-order valence-electron chi connectivity index (χ2n) is 3.61. The fraction of sp³-hybridized carbons (Fsp3) is 0. The molecule has 0 fully saturated rings. The molecular weight excluding hydrogens is 270 g/mol. The van der Waals surface area contributed by atoms with Crippen LogP contribution < -0.4 is 5.73 Å². The van der Waals surface area contributed by atoms with E-state index in [1.165, 1.54) is 11.8 Å². The third-order valence-corrected chi connectivity index (χ3v) is 3.50. The quantitative estimate of drug-likeness (QED) is 0.840. The lowest BCUT2D eigenvalue weighted by Gasteiger charge is -2.05. The van der Waals surface area contributed by atoms with Crippen LogP contribution in [0.15, 0.2) is 52.3 Å². The molecule has 3 nitrogen and oxygen atoms in total. The van der Waals surface area contributed by atoms with Crippen molar-refractivity contribution in [2.45, 2.75) is 9.79 Å². The predicted octanol–water partition coefficient (Wildman–Crippen LogP) is 3.77. The Bertz CT molecular complexity index is 601. The summed E-state index contributed by atoms with van der Waals surface area (Å²) in [6.45, 7) is 0.